The van der Waals surface area contributed by atoms with Gasteiger partial charge in [0.1, 0.15) is 11.6 Å². The lowest BCUT2D eigenvalue weighted by Gasteiger charge is -2.52. The maximum atomic E-state index is 12.1. The molecule has 3 nitrogen and oxygen atoms in total. The first-order valence-corrected chi connectivity index (χ1v) is 12.6. The van der Waals surface area contributed by atoms with Gasteiger partial charge in [-0.15, -0.1) is 0 Å². The minimum Gasteiger partial charge on any atom is -0.389 e. The molecule has 4 bridgehead atoms. The zero-order valence-electron chi connectivity index (χ0n) is 18.0. The summed E-state index contributed by atoms with van der Waals surface area (Å²) in [7, 11) is 0. The van der Waals surface area contributed by atoms with Crippen LogP contribution in [-0.2, 0) is 9.59 Å². The van der Waals surface area contributed by atoms with Crippen molar-refractivity contribution in [2.45, 2.75) is 108 Å². The Balaban J connectivity index is 0.000000125. The topological polar surface area (TPSA) is 54.4 Å². The van der Waals surface area contributed by atoms with Crippen LogP contribution in [0.2, 0.25) is 0 Å². The van der Waals surface area contributed by atoms with Crippen molar-refractivity contribution in [3.63, 3.8) is 0 Å². The smallest absolute Gasteiger partial charge is 0.143 e. The van der Waals surface area contributed by atoms with Crippen LogP contribution in [0.4, 0.5) is 0 Å². The van der Waals surface area contributed by atoms with Gasteiger partial charge in [0.25, 0.3) is 0 Å². The summed E-state index contributed by atoms with van der Waals surface area (Å²) in [5, 5.41) is 10.8. The Kier molecular flexibility index (Phi) is 5.47. The average molecular weight is 399 g/mol. The molecule has 0 aliphatic heterocycles. The minimum absolute atomic E-state index is 0.00435. The summed E-state index contributed by atoms with van der Waals surface area (Å²) in [6, 6.07) is 0. The molecule has 6 aliphatic carbocycles. The Hall–Kier alpha value is -0.960. The van der Waals surface area contributed by atoms with Gasteiger partial charge in [0, 0.05) is 23.7 Å². The number of Topliss-reactive ketones (excluding diaryl/α,β-unsaturated/α-hetero) is 2. The quantitative estimate of drug-likeness (QED) is 0.545. The SMILES string of the molecule is O=C1C2CCCC1C1(O)CCCCC1C2.O=C1C2CCCC1C1=C(CCCC1)C2. The highest BCUT2D eigenvalue weighted by Crippen LogP contribution is 2.52. The van der Waals surface area contributed by atoms with Gasteiger partial charge in [0.15, 0.2) is 0 Å². The number of carbonyl (C=O) groups excluding carboxylic acids is 2. The van der Waals surface area contributed by atoms with Gasteiger partial charge >= 0.3 is 0 Å². The molecule has 0 aromatic carbocycles. The van der Waals surface area contributed by atoms with E-state index in [-0.39, 0.29) is 5.92 Å². The molecule has 6 atom stereocenters. The van der Waals surface area contributed by atoms with Crippen LogP contribution in [0.5, 0.6) is 0 Å². The zero-order chi connectivity index (χ0) is 20.0. The van der Waals surface area contributed by atoms with Crippen LogP contribution in [0.25, 0.3) is 0 Å². The molecule has 0 radical (unpaired) electrons. The molecule has 0 heterocycles. The molecule has 6 rings (SSSR count). The van der Waals surface area contributed by atoms with E-state index < -0.39 is 5.60 Å². The molecule has 6 unspecified atom stereocenters. The van der Waals surface area contributed by atoms with Crippen molar-refractivity contribution >= 4 is 11.6 Å². The summed E-state index contributed by atoms with van der Waals surface area (Å²) in [6.45, 7) is 0. The molecule has 1 N–H and O–H groups in total. The fourth-order valence-corrected chi connectivity index (χ4v) is 7.87. The van der Waals surface area contributed by atoms with Gasteiger partial charge in [0.2, 0.25) is 0 Å². The van der Waals surface area contributed by atoms with Gasteiger partial charge in [-0.1, -0.05) is 36.8 Å². The van der Waals surface area contributed by atoms with Crippen molar-refractivity contribution < 1.29 is 14.7 Å². The van der Waals surface area contributed by atoms with E-state index in [0.717, 1.165) is 57.8 Å². The molecule has 0 saturated heterocycles. The van der Waals surface area contributed by atoms with Crippen molar-refractivity contribution in [1.82, 2.24) is 0 Å². The third kappa shape index (κ3) is 3.46. The van der Waals surface area contributed by atoms with E-state index in [2.05, 4.69) is 0 Å². The molecule has 0 aromatic rings. The van der Waals surface area contributed by atoms with E-state index >= 15 is 0 Å². The molecular formula is C26H38O3. The molecule has 0 amide bonds. The Morgan fingerprint density at radius 3 is 2.45 bits per heavy atom. The Morgan fingerprint density at radius 1 is 0.759 bits per heavy atom. The maximum Gasteiger partial charge on any atom is 0.143 e. The van der Waals surface area contributed by atoms with Crippen LogP contribution < -0.4 is 0 Å². The molecule has 160 valence electrons. The number of fused-ring (bicyclic) bond motifs is 7. The van der Waals surface area contributed by atoms with Crippen molar-refractivity contribution in [2.75, 3.05) is 0 Å². The number of hydrogen-bond acceptors (Lipinski definition) is 3. The second kappa shape index (κ2) is 7.94. The average Bonchev–Trinajstić information content (AvgIpc) is 2.71. The first kappa shape index (κ1) is 20.0. The zero-order valence-corrected chi connectivity index (χ0v) is 18.0. The Bertz CT molecular complexity index is 707. The molecular weight excluding hydrogens is 360 g/mol. The number of carbonyl (C=O) groups is 2. The predicted molar refractivity (Wildman–Crippen MR) is 113 cm³/mol. The number of hydrogen-bond donors (Lipinski definition) is 1. The van der Waals surface area contributed by atoms with E-state index in [1.54, 1.807) is 11.1 Å². The van der Waals surface area contributed by atoms with Crippen LogP contribution in [-0.4, -0.2) is 22.3 Å². The fourth-order valence-electron chi connectivity index (χ4n) is 7.87. The van der Waals surface area contributed by atoms with Crippen molar-refractivity contribution in [3.8, 4) is 0 Å². The maximum absolute atomic E-state index is 12.1. The first-order chi connectivity index (χ1) is 14.1. The van der Waals surface area contributed by atoms with Gasteiger partial charge < -0.3 is 5.11 Å². The predicted octanol–water partition coefficient (Wildman–Crippen LogP) is 5.54. The molecule has 0 spiro atoms. The lowest BCUT2D eigenvalue weighted by molar-refractivity contribution is -0.167. The summed E-state index contributed by atoms with van der Waals surface area (Å²) in [5.74, 6) is 2.50. The normalized spacial score (nSPS) is 43.7. The second-order valence-electron chi connectivity index (χ2n) is 10.9. The van der Waals surface area contributed by atoms with Gasteiger partial charge in [-0.2, -0.15) is 0 Å². The van der Waals surface area contributed by atoms with Gasteiger partial charge in [-0.3, -0.25) is 9.59 Å². The van der Waals surface area contributed by atoms with Crippen LogP contribution in [0.1, 0.15) is 103 Å². The third-order valence-electron chi connectivity index (χ3n) is 9.38. The van der Waals surface area contributed by atoms with Crippen molar-refractivity contribution in [1.29, 1.82) is 0 Å². The monoisotopic (exact) mass is 398 g/mol. The van der Waals surface area contributed by atoms with Gasteiger partial charge in [-0.05, 0) is 83.0 Å². The van der Waals surface area contributed by atoms with Crippen molar-refractivity contribution in [3.05, 3.63) is 11.1 Å². The van der Waals surface area contributed by atoms with Gasteiger partial charge in [0.05, 0.1) is 5.60 Å². The Labute approximate surface area is 175 Å². The van der Waals surface area contributed by atoms with Crippen LogP contribution in [0, 0.1) is 29.6 Å². The van der Waals surface area contributed by atoms with E-state index in [9.17, 15) is 14.7 Å². The van der Waals surface area contributed by atoms with E-state index in [0.29, 0.717) is 35.2 Å². The Morgan fingerprint density at radius 2 is 1.55 bits per heavy atom. The summed E-state index contributed by atoms with van der Waals surface area (Å²) >= 11 is 0. The number of ketones is 2. The third-order valence-corrected chi connectivity index (χ3v) is 9.38. The molecule has 0 aromatic heterocycles. The van der Waals surface area contributed by atoms with E-state index in [1.807, 2.05) is 0 Å². The number of allylic oxidation sites excluding steroid dienone is 2. The lowest BCUT2D eigenvalue weighted by Crippen LogP contribution is -2.57. The van der Waals surface area contributed by atoms with Crippen LogP contribution in [0.15, 0.2) is 11.1 Å². The van der Waals surface area contributed by atoms with E-state index in [1.165, 1.54) is 44.9 Å². The standard InChI is InChI=1S/C13H20O2.C13H18O/c14-12-9-4-3-6-11(12)13(15)7-2-1-5-10(13)8-9;14-13-10-5-3-7-12(13)11-6-2-1-4-9(11)8-10/h9-11,15H,1-8H2;10,12H,1-8H2. The highest BCUT2D eigenvalue weighted by molar-refractivity contribution is 5.88. The lowest BCUT2D eigenvalue weighted by atomic mass is 9.55. The molecule has 3 heteroatoms. The number of aliphatic hydroxyl groups is 1. The minimum atomic E-state index is -0.605. The van der Waals surface area contributed by atoms with Crippen LogP contribution >= 0.6 is 0 Å². The summed E-state index contributed by atoms with van der Waals surface area (Å²) in [4.78, 5) is 24.1. The first-order valence-electron chi connectivity index (χ1n) is 12.6. The largest absolute Gasteiger partial charge is 0.389 e. The second-order valence-corrected chi connectivity index (χ2v) is 10.9. The molecule has 29 heavy (non-hydrogen) atoms. The molecule has 4 saturated carbocycles. The van der Waals surface area contributed by atoms with Crippen molar-refractivity contribution in [2.24, 2.45) is 29.6 Å². The molecule has 4 fully saturated rings. The molecule has 6 aliphatic rings. The van der Waals surface area contributed by atoms with Gasteiger partial charge in [-0.25, -0.2) is 0 Å². The fraction of sp³-hybridized carbons (Fsp3) is 0.846. The highest BCUT2D eigenvalue weighted by Gasteiger charge is 2.55. The summed E-state index contributed by atoms with van der Waals surface area (Å²) < 4.78 is 0. The number of rotatable bonds is 0. The highest BCUT2D eigenvalue weighted by atomic mass is 16.3. The van der Waals surface area contributed by atoms with Crippen LogP contribution in [0.3, 0.4) is 0 Å². The summed E-state index contributed by atoms with van der Waals surface area (Å²) in [5.41, 5.74) is 2.66. The van der Waals surface area contributed by atoms with E-state index in [4.69, 9.17) is 0 Å². The summed E-state index contributed by atoms with van der Waals surface area (Å²) in [6.07, 6.45) is 18.5.